The lowest BCUT2D eigenvalue weighted by atomic mass is 10.00. The van der Waals surface area contributed by atoms with Crippen LogP contribution in [0.2, 0.25) is 0 Å². The summed E-state index contributed by atoms with van der Waals surface area (Å²) in [4.78, 5) is 0. The monoisotopic (exact) mass is 295 g/mol. The molecule has 2 aromatic carbocycles. The van der Waals surface area contributed by atoms with Crippen molar-refractivity contribution >= 4 is 5.57 Å². The molecule has 0 saturated carbocycles. The van der Waals surface area contributed by atoms with Gasteiger partial charge in [-0.05, 0) is 41.8 Å². The van der Waals surface area contributed by atoms with E-state index >= 15 is 0 Å². The molecule has 0 unspecified atom stereocenters. The number of hydrogen-bond donors (Lipinski definition) is 1. The molecule has 1 heterocycles. The Morgan fingerprint density at radius 2 is 1.91 bits per heavy atom. The first-order valence-corrected chi connectivity index (χ1v) is 7.62. The Labute approximate surface area is 131 Å². The van der Waals surface area contributed by atoms with Gasteiger partial charge in [-0.2, -0.15) is 0 Å². The van der Waals surface area contributed by atoms with E-state index in [1.54, 1.807) is 7.11 Å². The molecule has 0 aromatic heterocycles. The minimum Gasteiger partial charge on any atom is -0.493 e. The van der Waals surface area contributed by atoms with Gasteiger partial charge in [-0.25, -0.2) is 0 Å². The molecule has 2 aromatic rings. The first kappa shape index (κ1) is 14.7. The fraction of sp³-hybridized carbons (Fsp3) is 0.263. The van der Waals surface area contributed by atoms with E-state index in [-0.39, 0.29) is 0 Å². The highest BCUT2D eigenvalue weighted by molar-refractivity contribution is 5.69. The fourth-order valence-electron chi connectivity index (χ4n) is 2.61. The third kappa shape index (κ3) is 3.49. The number of benzene rings is 2. The molecule has 1 aliphatic rings. The first-order valence-electron chi connectivity index (χ1n) is 7.62. The highest BCUT2D eigenvalue weighted by Gasteiger charge is 2.10. The maximum absolute atomic E-state index is 5.90. The highest BCUT2D eigenvalue weighted by atomic mass is 16.5. The van der Waals surface area contributed by atoms with Gasteiger partial charge in [0.2, 0.25) is 0 Å². The largest absolute Gasteiger partial charge is 0.493 e. The lowest BCUT2D eigenvalue weighted by Crippen LogP contribution is -2.20. The summed E-state index contributed by atoms with van der Waals surface area (Å²) in [7, 11) is 1.69. The number of rotatable bonds is 5. The smallest absolute Gasteiger partial charge is 0.161 e. The Balaban J connectivity index is 1.75. The van der Waals surface area contributed by atoms with Crippen molar-refractivity contribution in [2.45, 2.75) is 13.0 Å². The van der Waals surface area contributed by atoms with Crippen LogP contribution in [0.3, 0.4) is 0 Å². The predicted octanol–water partition coefficient (Wildman–Crippen LogP) is 3.65. The molecule has 3 rings (SSSR count). The quantitative estimate of drug-likeness (QED) is 0.913. The van der Waals surface area contributed by atoms with Gasteiger partial charge in [0.05, 0.1) is 7.11 Å². The SMILES string of the molecule is COc1cc(C2=CCNCC2)ccc1OCc1ccccc1. The van der Waals surface area contributed by atoms with Gasteiger partial charge < -0.3 is 14.8 Å². The fourth-order valence-corrected chi connectivity index (χ4v) is 2.61. The van der Waals surface area contributed by atoms with E-state index in [2.05, 4.69) is 35.7 Å². The molecular weight excluding hydrogens is 274 g/mol. The van der Waals surface area contributed by atoms with E-state index in [0.717, 1.165) is 36.6 Å². The van der Waals surface area contributed by atoms with E-state index in [1.165, 1.54) is 11.1 Å². The van der Waals surface area contributed by atoms with Gasteiger partial charge in [0, 0.05) is 6.54 Å². The number of methoxy groups -OCH3 is 1. The van der Waals surface area contributed by atoms with Crippen LogP contribution >= 0.6 is 0 Å². The van der Waals surface area contributed by atoms with Crippen molar-refractivity contribution < 1.29 is 9.47 Å². The summed E-state index contributed by atoms with van der Waals surface area (Å²) in [6, 6.07) is 16.3. The zero-order chi connectivity index (χ0) is 15.2. The van der Waals surface area contributed by atoms with Crippen LogP contribution < -0.4 is 14.8 Å². The van der Waals surface area contributed by atoms with Gasteiger partial charge in [0.15, 0.2) is 11.5 Å². The van der Waals surface area contributed by atoms with Crippen molar-refractivity contribution in [1.29, 1.82) is 0 Å². The zero-order valence-electron chi connectivity index (χ0n) is 12.8. The molecule has 114 valence electrons. The summed E-state index contributed by atoms with van der Waals surface area (Å²) in [5.41, 5.74) is 3.73. The van der Waals surface area contributed by atoms with Crippen molar-refractivity contribution in [2.75, 3.05) is 20.2 Å². The molecule has 22 heavy (non-hydrogen) atoms. The molecule has 0 saturated heterocycles. The van der Waals surface area contributed by atoms with E-state index in [0.29, 0.717) is 6.61 Å². The van der Waals surface area contributed by atoms with Gasteiger partial charge in [0.25, 0.3) is 0 Å². The van der Waals surface area contributed by atoms with Crippen molar-refractivity contribution in [3.05, 3.63) is 65.7 Å². The summed E-state index contributed by atoms with van der Waals surface area (Å²) in [6.45, 7) is 2.51. The Morgan fingerprint density at radius 3 is 2.64 bits per heavy atom. The van der Waals surface area contributed by atoms with Crippen LogP contribution in [-0.2, 0) is 6.61 Å². The van der Waals surface area contributed by atoms with Crippen LogP contribution in [0.15, 0.2) is 54.6 Å². The van der Waals surface area contributed by atoms with Crippen LogP contribution in [0.25, 0.3) is 5.57 Å². The second kappa shape index (κ2) is 7.14. The molecule has 0 atom stereocenters. The lowest BCUT2D eigenvalue weighted by molar-refractivity contribution is 0.284. The molecular formula is C19H21NO2. The molecule has 0 amide bonds. The van der Waals surface area contributed by atoms with Crippen molar-refractivity contribution in [1.82, 2.24) is 5.32 Å². The topological polar surface area (TPSA) is 30.5 Å². The van der Waals surface area contributed by atoms with E-state index in [1.807, 2.05) is 24.3 Å². The number of hydrogen-bond acceptors (Lipinski definition) is 3. The second-order valence-corrected chi connectivity index (χ2v) is 5.32. The van der Waals surface area contributed by atoms with Crippen LogP contribution in [0.1, 0.15) is 17.5 Å². The summed E-state index contributed by atoms with van der Waals surface area (Å²) < 4.78 is 11.4. The van der Waals surface area contributed by atoms with Crippen LogP contribution in [-0.4, -0.2) is 20.2 Å². The third-order valence-electron chi connectivity index (χ3n) is 3.84. The Kier molecular flexibility index (Phi) is 4.76. The minimum atomic E-state index is 0.545. The van der Waals surface area contributed by atoms with E-state index < -0.39 is 0 Å². The molecule has 0 spiro atoms. The Bertz CT molecular complexity index is 650. The van der Waals surface area contributed by atoms with Crippen LogP contribution in [0, 0.1) is 0 Å². The van der Waals surface area contributed by atoms with Crippen LogP contribution in [0.5, 0.6) is 11.5 Å². The molecule has 0 radical (unpaired) electrons. The molecule has 1 N–H and O–H groups in total. The van der Waals surface area contributed by atoms with Gasteiger partial charge in [0.1, 0.15) is 6.61 Å². The lowest BCUT2D eigenvalue weighted by Gasteiger charge is -2.16. The van der Waals surface area contributed by atoms with Gasteiger partial charge >= 0.3 is 0 Å². The average Bonchev–Trinajstić information content (AvgIpc) is 2.61. The standard InChI is InChI=1S/C19H21NO2/c1-21-19-13-17(16-9-11-20-12-10-16)7-8-18(19)22-14-15-5-3-2-4-6-15/h2-9,13,20H,10-12,14H2,1H3. The van der Waals surface area contributed by atoms with Gasteiger partial charge in [-0.3, -0.25) is 0 Å². The molecule has 3 heteroatoms. The van der Waals surface area contributed by atoms with Gasteiger partial charge in [-0.15, -0.1) is 0 Å². The molecule has 1 aliphatic heterocycles. The van der Waals surface area contributed by atoms with E-state index in [9.17, 15) is 0 Å². The predicted molar refractivity (Wildman–Crippen MR) is 89.2 cm³/mol. The Morgan fingerprint density at radius 1 is 1.05 bits per heavy atom. The summed E-state index contributed by atoms with van der Waals surface area (Å²) in [5.74, 6) is 1.57. The van der Waals surface area contributed by atoms with Crippen LogP contribution in [0.4, 0.5) is 0 Å². The molecule has 0 aliphatic carbocycles. The van der Waals surface area contributed by atoms with E-state index in [4.69, 9.17) is 9.47 Å². The third-order valence-corrected chi connectivity index (χ3v) is 3.84. The zero-order valence-corrected chi connectivity index (χ0v) is 12.8. The maximum atomic E-state index is 5.90. The Hall–Kier alpha value is -2.26. The summed E-state index contributed by atoms with van der Waals surface area (Å²) >= 11 is 0. The highest BCUT2D eigenvalue weighted by Crippen LogP contribution is 2.32. The molecule has 0 bridgehead atoms. The van der Waals surface area contributed by atoms with Crippen molar-refractivity contribution in [3.63, 3.8) is 0 Å². The average molecular weight is 295 g/mol. The van der Waals surface area contributed by atoms with Crippen molar-refractivity contribution in [3.8, 4) is 11.5 Å². The molecule has 3 nitrogen and oxygen atoms in total. The number of nitrogens with one attached hydrogen (secondary N) is 1. The summed E-state index contributed by atoms with van der Waals surface area (Å²) in [6.07, 6.45) is 3.29. The second-order valence-electron chi connectivity index (χ2n) is 5.32. The van der Waals surface area contributed by atoms with Crippen molar-refractivity contribution in [2.24, 2.45) is 0 Å². The molecule has 0 fully saturated rings. The normalized spacial score (nSPS) is 14.3. The minimum absolute atomic E-state index is 0.545. The maximum Gasteiger partial charge on any atom is 0.161 e. The first-order chi connectivity index (χ1) is 10.9. The summed E-state index contributed by atoms with van der Waals surface area (Å²) in [5, 5.41) is 3.33. The van der Waals surface area contributed by atoms with Gasteiger partial charge in [-0.1, -0.05) is 42.5 Å². The number of ether oxygens (including phenoxy) is 2.